The average Bonchev–Trinajstić information content (AvgIpc) is 2.90. The summed E-state index contributed by atoms with van der Waals surface area (Å²) in [5.74, 6) is 0.786. The topological polar surface area (TPSA) is 55.3 Å². The summed E-state index contributed by atoms with van der Waals surface area (Å²) in [6, 6.07) is 11.9. The Labute approximate surface area is 147 Å². The van der Waals surface area contributed by atoms with Gasteiger partial charge >= 0.3 is 6.09 Å². The zero-order valence-corrected chi connectivity index (χ0v) is 14.3. The number of hydrogen-bond donors (Lipinski definition) is 0. The van der Waals surface area contributed by atoms with Crippen molar-refractivity contribution >= 4 is 11.7 Å². The van der Waals surface area contributed by atoms with Gasteiger partial charge < -0.3 is 4.74 Å². The lowest BCUT2D eigenvalue weighted by Crippen LogP contribution is -2.43. The van der Waals surface area contributed by atoms with E-state index < -0.39 is 0 Å². The highest BCUT2D eigenvalue weighted by Gasteiger charge is 2.41. The third-order valence-corrected chi connectivity index (χ3v) is 4.89. The lowest BCUT2D eigenvalue weighted by molar-refractivity contribution is 0.0832. The molecule has 2 atom stereocenters. The van der Waals surface area contributed by atoms with Crippen LogP contribution in [0.1, 0.15) is 36.3 Å². The van der Waals surface area contributed by atoms with Crippen LogP contribution in [0.4, 0.5) is 4.79 Å². The molecule has 5 nitrogen and oxygen atoms in total. The highest BCUT2D eigenvalue weighted by molar-refractivity contribution is 5.73. The van der Waals surface area contributed by atoms with Crippen molar-refractivity contribution in [2.24, 2.45) is 0 Å². The summed E-state index contributed by atoms with van der Waals surface area (Å²) >= 11 is 0. The predicted octanol–water partition coefficient (Wildman–Crippen LogP) is 3.74. The van der Waals surface area contributed by atoms with Crippen molar-refractivity contribution in [2.75, 3.05) is 0 Å². The second kappa shape index (κ2) is 6.67. The van der Waals surface area contributed by atoms with E-state index in [-0.39, 0.29) is 18.2 Å². The summed E-state index contributed by atoms with van der Waals surface area (Å²) in [7, 11) is 0. The number of nitrogens with zero attached hydrogens (tertiary/aromatic N) is 3. The van der Waals surface area contributed by atoms with Gasteiger partial charge in [0, 0.05) is 17.9 Å². The van der Waals surface area contributed by atoms with E-state index in [4.69, 9.17) is 4.74 Å². The van der Waals surface area contributed by atoms with Gasteiger partial charge in [-0.2, -0.15) is 0 Å². The minimum Gasteiger partial charge on any atom is -0.445 e. The van der Waals surface area contributed by atoms with Crippen LogP contribution < -0.4 is 0 Å². The van der Waals surface area contributed by atoms with E-state index in [0.717, 1.165) is 41.9 Å². The van der Waals surface area contributed by atoms with E-state index in [1.165, 1.54) is 0 Å². The molecule has 2 unspecified atom stereocenters. The van der Waals surface area contributed by atoms with Gasteiger partial charge in [-0.15, -0.1) is 0 Å². The standard InChI is InChI=1S/C20H21N3O2/c1-14-9-10-21-19(22-14)16-11-17-7-8-18(12-16)23(17)20(24)25-13-15-5-3-2-4-6-15/h2-6,9-11,17-18H,7-8,12-13H2,1H3. The molecule has 5 heteroatoms. The molecular formula is C20H21N3O2. The fourth-order valence-corrected chi connectivity index (χ4v) is 3.68. The average molecular weight is 335 g/mol. The van der Waals surface area contributed by atoms with Crippen molar-refractivity contribution in [2.45, 2.75) is 44.9 Å². The van der Waals surface area contributed by atoms with Gasteiger partial charge in [0.2, 0.25) is 0 Å². The molecule has 0 spiro atoms. The van der Waals surface area contributed by atoms with Gasteiger partial charge in [-0.3, -0.25) is 4.90 Å². The summed E-state index contributed by atoms with van der Waals surface area (Å²) < 4.78 is 5.53. The van der Waals surface area contributed by atoms with Gasteiger partial charge in [-0.1, -0.05) is 36.4 Å². The maximum Gasteiger partial charge on any atom is 0.410 e. The van der Waals surface area contributed by atoms with Crippen LogP contribution in [-0.4, -0.2) is 33.0 Å². The molecule has 0 N–H and O–H groups in total. The largest absolute Gasteiger partial charge is 0.445 e. The molecule has 1 amide bonds. The number of carbonyl (C=O) groups is 1. The fourth-order valence-electron chi connectivity index (χ4n) is 3.68. The van der Waals surface area contributed by atoms with Crippen LogP contribution in [0, 0.1) is 6.92 Å². The molecule has 0 aliphatic carbocycles. The zero-order chi connectivity index (χ0) is 17.2. The van der Waals surface area contributed by atoms with Crippen molar-refractivity contribution in [3.05, 3.63) is 65.8 Å². The summed E-state index contributed by atoms with van der Waals surface area (Å²) in [5.41, 5.74) is 3.11. The predicted molar refractivity (Wildman–Crippen MR) is 94.6 cm³/mol. The van der Waals surface area contributed by atoms with E-state index in [1.54, 1.807) is 6.20 Å². The van der Waals surface area contributed by atoms with Crippen molar-refractivity contribution in [3.8, 4) is 0 Å². The van der Waals surface area contributed by atoms with Gasteiger partial charge in [0.1, 0.15) is 6.61 Å². The molecule has 1 fully saturated rings. The van der Waals surface area contributed by atoms with Crippen LogP contribution in [0.25, 0.3) is 5.57 Å². The molecule has 3 heterocycles. The molecule has 1 aromatic heterocycles. The highest BCUT2D eigenvalue weighted by Crippen LogP contribution is 2.38. The molecule has 0 radical (unpaired) electrons. The summed E-state index contributed by atoms with van der Waals surface area (Å²) in [6.07, 6.45) is 6.47. The number of amides is 1. The lowest BCUT2D eigenvalue weighted by Gasteiger charge is -2.32. The van der Waals surface area contributed by atoms with Gasteiger partial charge in [0.05, 0.1) is 6.04 Å². The number of fused-ring (bicyclic) bond motifs is 2. The third kappa shape index (κ3) is 3.27. The van der Waals surface area contributed by atoms with E-state index in [0.29, 0.717) is 6.61 Å². The first-order valence-electron chi connectivity index (χ1n) is 8.70. The molecule has 2 aliphatic heterocycles. The van der Waals surface area contributed by atoms with E-state index in [2.05, 4.69) is 16.0 Å². The van der Waals surface area contributed by atoms with E-state index in [9.17, 15) is 4.79 Å². The number of carbonyl (C=O) groups excluding carboxylic acids is 1. The zero-order valence-electron chi connectivity index (χ0n) is 14.3. The monoisotopic (exact) mass is 335 g/mol. The second-order valence-electron chi connectivity index (χ2n) is 6.66. The van der Waals surface area contributed by atoms with Crippen LogP contribution in [0.15, 0.2) is 48.7 Å². The smallest absolute Gasteiger partial charge is 0.410 e. The Balaban J connectivity index is 1.47. The summed E-state index contributed by atoms with van der Waals surface area (Å²) in [5, 5.41) is 0. The minimum absolute atomic E-state index is 0.0844. The van der Waals surface area contributed by atoms with E-state index in [1.807, 2.05) is 48.2 Å². The van der Waals surface area contributed by atoms with E-state index >= 15 is 0 Å². The number of hydrogen-bond acceptors (Lipinski definition) is 4. The molecule has 1 aromatic carbocycles. The van der Waals surface area contributed by atoms with Crippen LogP contribution in [-0.2, 0) is 11.3 Å². The fraction of sp³-hybridized carbons (Fsp3) is 0.350. The van der Waals surface area contributed by atoms with Crippen molar-refractivity contribution < 1.29 is 9.53 Å². The second-order valence-corrected chi connectivity index (χ2v) is 6.66. The first kappa shape index (κ1) is 15.8. The van der Waals surface area contributed by atoms with Crippen LogP contribution >= 0.6 is 0 Å². The Morgan fingerprint density at radius 3 is 2.84 bits per heavy atom. The molecule has 2 aromatic rings. The van der Waals surface area contributed by atoms with Gasteiger partial charge in [0.15, 0.2) is 5.82 Å². The van der Waals surface area contributed by atoms with Crippen LogP contribution in [0.3, 0.4) is 0 Å². The Bertz CT molecular complexity index is 804. The van der Waals surface area contributed by atoms with Gasteiger partial charge in [0.25, 0.3) is 0 Å². The Morgan fingerprint density at radius 1 is 1.24 bits per heavy atom. The Morgan fingerprint density at radius 2 is 2.08 bits per heavy atom. The molecular weight excluding hydrogens is 314 g/mol. The minimum atomic E-state index is -0.225. The number of aromatic nitrogens is 2. The number of aryl methyl sites for hydroxylation is 1. The van der Waals surface area contributed by atoms with Gasteiger partial charge in [-0.05, 0) is 43.4 Å². The van der Waals surface area contributed by atoms with Crippen molar-refractivity contribution in [1.82, 2.24) is 14.9 Å². The quantitative estimate of drug-likeness (QED) is 0.857. The highest BCUT2D eigenvalue weighted by atomic mass is 16.6. The number of benzene rings is 1. The first-order valence-corrected chi connectivity index (χ1v) is 8.70. The lowest BCUT2D eigenvalue weighted by atomic mass is 10.0. The maximum absolute atomic E-state index is 12.6. The SMILES string of the molecule is Cc1ccnc(C2=CC3CCC(C2)N3C(=O)OCc2ccccc2)n1. The molecule has 4 rings (SSSR count). The Kier molecular flexibility index (Phi) is 4.22. The third-order valence-electron chi connectivity index (χ3n) is 4.89. The van der Waals surface area contributed by atoms with Crippen LogP contribution in [0.2, 0.25) is 0 Å². The molecule has 25 heavy (non-hydrogen) atoms. The van der Waals surface area contributed by atoms with Crippen molar-refractivity contribution in [3.63, 3.8) is 0 Å². The van der Waals surface area contributed by atoms with Crippen LogP contribution in [0.5, 0.6) is 0 Å². The normalized spacial score (nSPS) is 21.8. The summed E-state index contributed by atoms with van der Waals surface area (Å²) in [4.78, 5) is 23.4. The molecule has 2 aliphatic rings. The van der Waals surface area contributed by atoms with Crippen molar-refractivity contribution in [1.29, 1.82) is 0 Å². The molecule has 1 saturated heterocycles. The summed E-state index contributed by atoms with van der Waals surface area (Å²) in [6.45, 7) is 2.28. The number of rotatable bonds is 3. The molecule has 2 bridgehead atoms. The molecule has 0 saturated carbocycles. The Hall–Kier alpha value is -2.69. The first-order chi connectivity index (χ1) is 12.2. The van der Waals surface area contributed by atoms with Gasteiger partial charge in [-0.25, -0.2) is 14.8 Å². The maximum atomic E-state index is 12.6. The number of ether oxygens (including phenoxy) is 1. The molecule has 128 valence electrons.